The number of thiocarbonyl (C=S) groups is 1. The Bertz CT molecular complexity index is 654. The Kier molecular flexibility index (Phi) is 13.5. The molecule has 0 aliphatic rings. The molecule has 7 heteroatoms. The lowest BCUT2D eigenvalue weighted by Gasteiger charge is -2.23. The van der Waals surface area contributed by atoms with Crippen LogP contribution >= 0.6 is 39.9 Å². The molecule has 0 fully saturated rings. The first kappa shape index (κ1) is 24.2. The molecule has 1 rings (SSSR count). The molecular weight excluding hydrogens is 434 g/mol. The van der Waals surface area contributed by atoms with E-state index in [1.54, 1.807) is 19.3 Å². The van der Waals surface area contributed by atoms with Gasteiger partial charge in [-0.05, 0) is 66.2 Å². The normalized spacial score (nSPS) is 11.0. The number of hydrogen-bond donors (Lipinski definition) is 0. The third-order valence-corrected chi connectivity index (χ3v) is 4.58. The Morgan fingerprint density at radius 2 is 1.96 bits per heavy atom. The second kappa shape index (κ2) is 14.4. The SMILES string of the molecule is C#C.C/C=C(/C=C(/C=O)SC(=S)N(CC)c1ccc(OC)cc1)OCBr. The Balaban J connectivity index is 0.00000301. The molecule has 0 spiro atoms. The number of nitrogens with zero attached hydrogens (tertiary/aromatic N) is 1. The maximum Gasteiger partial charge on any atom is 0.156 e. The number of ether oxygens (including phenoxy) is 2. The fraction of sp³-hybridized carbons (Fsp3) is 0.263. The summed E-state index contributed by atoms with van der Waals surface area (Å²) in [6, 6.07) is 7.63. The van der Waals surface area contributed by atoms with Gasteiger partial charge in [0, 0.05) is 12.2 Å². The summed E-state index contributed by atoms with van der Waals surface area (Å²) in [5.74, 6) is 1.39. The van der Waals surface area contributed by atoms with E-state index < -0.39 is 0 Å². The van der Waals surface area contributed by atoms with Crippen LogP contribution in [0.2, 0.25) is 0 Å². The van der Waals surface area contributed by atoms with Crippen LogP contribution in [-0.4, -0.2) is 29.8 Å². The summed E-state index contributed by atoms with van der Waals surface area (Å²) in [5, 5.41) is 0. The summed E-state index contributed by atoms with van der Waals surface area (Å²) in [7, 11) is 1.63. The van der Waals surface area contributed by atoms with Crippen LogP contribution < -0.4 is 9.64 Å². The van der Waals surface area contributed by atoms with Crippen molar-refractivity contribution in [1.29, 1.82) is 0 Å². The standard InChI is InChI=1S/C17H20BrNO3S2.C2H2/c1-4-14(22-12-18)10-16(11-20)24-17(23)19(5-2)13-6-8-15(21-3)9-7-13;1-2/h4,6-11H,5,12H2,1-3H3;1-2H/b14-4-,16-10-;. The predicted molar refractivity (Wildman–Crippen MR) is 119 cm³/mol. The highest BCUT2D eigenvalue weighted by Gasteiger charge is 2.13. The first-order valence-corrected chi connectivity index (χ1v) is 9.92. The molecule has 0 saturated heterocycles. The number of rotatable bonds is 8. The number of terminal acetylenes is 1. The van der Waals surface area contributed by atoms with E-state index in [0.717, 1.165) is 17.7 Å². The van der Waals surface area contributed by atoms with E-state index in [1.807, 2.05) is 43.0 Å². The van der Waals surface area contributed by atoms with Gasteiger partial charge in [-0.15, -0.1) is 12.8 Å². The highest BCUT2D eigenvalue weighted by Crippen LogP contribution is 2.26. The van der Waals surface area contributed by atoms with Crippen LogP contribution in [0.15, 0.2) is 47.1 Å². The number of carbonyl (C=O) groups is 1. The molecule has 0 aliphatic carbocycles. The van der Waals surface area contributed by atoms with Crippen molar-refractivity contribution in [2.75, 3.05) is 24.1 Å². The minimum absolute atomic E-state index is 0.358. The van der Waals surface area contributed by atoms with Gasteiger partial charge in [-0.2, -0.15) is 0 Å². The molecule has 0 radical (unpaired) electrons. The van der Waals surface area contributed by atoms with Crippen molar-refractivity contribution in [3.05, 3.63) is 47.1 Å². The molecule has 0 amide bonds. The smallest absolute Gasteiger partial charge is 0.156 e. The van der Waals surface area contributed by atoms with Crippen molar-refractivity contribution in [3.8, 4) is 18.6 Å². The number of alkyl halides is 1. The summed E-state index contributed by atoms with van der Waals surface area (Å²) in [6.07, 6.45) is 12.2. The van der Waals surface area contributed by atoms with Crippen LogP contribution in [0.4, 0.5) is 5.69 Å². The van der Waals surface area contributed by atoms with Gasteiger partial charge in [-0.3, -0.25) is 4.79 Å². The summed E-state index contributed by atoms with van der Waals surface area (Å²) in [6.45, 7) is 4.54. The van der Waals surface area contributed by atoms with E-state index >= 15 is 0 Å². The maximum atomic E-state index is 11.3. The van der Waals surface area contributed by atoms with Crippen molar-refractivity contribution < 1.29 is 14.3 Å². The molecule has 0 heterocycles. The van der Waals surface area contributed by atoms with Crippen LogP contribution in [0.3, 0.4) is 0 Å². The first-order valence-electron chi connectivity index (χ1n) is 7.58. The fourth-order valence-corrected chi connectivity index (χ4v) is 3.39. The second-order valence-corrected chi connectivity index (χ2v) is 6.58. The molecular formula is C19H22BrNO3S2. The molecule has 0 atom stereocenters. The molecule has 1 aromatic carbocycles. The molecule has 0 aromatic heterocycles. The zero-order valence-electron chi connectivity index (χ0n) is 15.0. The Hall–Kier alpha value is -1.75. The average Bonchev–Trinajstić information content (AvgIpc) is 2.69. The minimum atomic E-state index is 0.358. The van der Waals surface area contributed by atoms with E-state index in [4.69, 9.17) is 21.7 Å². The third-order valence-electron chi connectivity index (χ3n) is 3.03. The third kappa shape index (κ3) is 8.09. The average molecular weight is 456 g/mol. The highest BCUT2D eigenvalue weighted by molar-refractivity contribution is 9.09. The van der Waals surface area contributed by atoms with E-state index in [-0.39, 0.29) is 0 Å². The molecule has 0 bridgehead atoms. The molecule has 0 aliphatic heterocycles. The predicted octanol–water partition coefficient (Wildman–Crippen LogP) is 5.14. The first-order chi connectivity index (χ1) is 12.6. The van der Waals surface area contributed by atoms with Gasteiger partial charge in [0.2, 0.25) is 0 Å². The van der Waals surface area contributed by atoms with Crippen molar-refractivity contribution in [3.63, 3.8) is 0 Å². The van der Waals surface area contributed by atoms with E-state index in [0.29, 0.717) is 27.0 Å². The lowest BCUT2D eigenvalue weighted by molar-refractivity contribution is -0.104. The van der Waals surface area contributed by atoms with Gasteiger partial charge in [0.15, 0.2) is 6.29 Å². The Morgan fingerprint density at radius 3 is 2.38 bits per heavy atom. The largest absolute Gasteiger partial charge is 0.497 e. The molecule has 4 nitrogen and oxygen atoms in total. The number of thioether (sulfide) groups is 1. The molecule has 0 saturated carbocycles. The summed E-state index contributed by atoms with van der Waals surface area (Å²) in [5.41, 5.74) is 1.31. The van der Waals surface area contributed by atoms with Crippen LogP contribution in [0.1, 0.15) is 13.8 Å². The molecule has 0 unspecified atom stereocenters. The molecule has 140 valence electrons. The van der Waals surface area contributed by atoms with E-state index in [1.165, 1.54) is 11.8 Å². The summed E-state index contributed by atoms with van der Waals surface area (Å²) < 4.78 is 11.1. The number of carbonyl (C=O) groups excluding carboxylic acids is 1. The van der Waals surface area contributed by atoms with Crippen molar-refractivity contribution in [2.24, 2.45) is 0 Å². The fourth-order valence-electron chi connectivity index (χ4n) is 1.83. The van der Waals surface area contributed by atoms with Crippen LogP contribution in [0, 0.1) is 12.8 Å². The van der Waals surface area contributed by atoms with Gasteiger partial charge in [0.1, 0.15) is 21.3 Å². The lowest BCUT2D eigenvalue weighted by atomic mass is 10.3. The molecule has 26 heavy (non-hydrogen) atoms. The maximum absolute atomic E-state index is 11.3. The second-order valence-electron chi connectivity index (χ2n) is 4.42. The summed E-state index contributed by atoms with van der Waals surface area (Å²) >= 11 is 9.94. The topological polar surface area (TPSA) is 38.8 Å². The Morgan fingerprint density at radius 1 is 1.35 bits per heavy atom. The lowest BCUT2D eigenvalue weighted by Crippen LogP contribution is -2.26. The number of anilines is 1. The monoisotopic (exact) mass is 455 g/mol. The number of aldehydes is 1. The number of allylic oxidation sites excluding steroid dienone is 3. The minimum Gasteiger partial charge on any atom is -0.497 e. The molecule has 0 N–H and O–H groups in total. The zero-order valence-corrected chi connectivity index (χ0v) is 18.2. The van der Waals surface area contributed by atoms with Gasteiger partial charge in [-0.25, -0.2) is 0 Å². The van der Waals surface area contributed by atoms with E-state index in [2.05, 4.69) is 28.8 Å². The highest BCUT2D eigenvalue weighted by atomic mass is 79.9. The van der Waals surface area contributed by atoms with Gasteiger partial charge < -0.3 is 14.4 Å². The van der Waals surface area contributed by atoms with Crippen molar-refractivity contribution in [1.82, 2.24) is 0 Å². The van der Waals surface area contributed by atoms with Gasteiger partial charge in [-0.1, -0.05) is 24.0 Å². The number of halogens is 1. The van der Waals surface area contributed by atoms with Crippen LogP contribution in [0.5, 0.6) is 5.75 Å². The van der Waals surface area contributed by atoms with Gasteiger partial charge >= 0.3 is 0 Å². The Labute approximate surface area is 173 Å². The number of benzene rings is 1. The van der Waals surface area contributed by atoms with Crippen molar-refractivity contribution >= 4 is 56.2 Å². The van der Waals surface area contributed by atoms with Gasteiger partial charge in [0.05, 0.1) is 12.0 Å². The quantitative estimate of drug-likeness (QED) is 0.103. The summed E-state index contributed by atoms with van der Waals surface area (Å²) in [4.78, 5) is 13.8. The van der Waals surface area contributed by atoms with Gasteiger partial charge in [0.25, 0.3) is 0 Å². The van der Waals surface area contributed by atoms with Crippen molar-refractivity contribution in [2.45, 2.75) is 13.8 Å². The number of hydrogen-bond acceptors (Lipinski definition) is 5. The van der Waals surface area contributed by atoms with Crippen LogP contribution in [-0.2, 0) is 9.53 Å². The zero-order chi connectivity index (χ0) is 19.9. The van der Waals surface area contributed by atoms with Crippen LogP contribution in [0.25, 0.3) is 0 Å². The number of methoxy groups -OCH3 is 1. The van der Waals surface area contributed by atoms with E-state index in [9.17, 15) is 4.79 Å². The molecule has 1 aromatic rings.